The number of carbonyl (C=O) groups excluding carboxylic acids is 3. The van der Waals surface area contributed by atoms with Gasteiger partial charge in [-0.3, -0.25) is 14.5 Å². The number of imide groups is 1. The Bertz CT molecular complexity index is 672. The summed E-state index contributed by atoms with van der Waals surface area (Å²) < 4.78 is 0. The number of nitrogens with zero attached hydrogens (tertiary/aromatic N) is 3. The van der Waals surface area contributed by atoms with Crippen molar-refractivity contribution in [2.24, 2.45) is 0 Å². The first-order valence-corrected chi connectivity index (χ1v) is 7.02. The molecule has 1 aromatic rings. The predicted molar refractivity (Wildman–Crippen MR) is 76.6 cm³/mol. The third-order valence-corrected chi connectivity index (χ3v) is 3.86. The third-order valence-electron chi connectivity index (χ3n) is 3.86. The number of carbonyl (C=O) groups is 3. The van der Waals surface area contributed by atoms with Gasteiger partial charge < -0.3 is 10.2 Å². The summed E-state index contributed by atoms with van der Waals surface area (Å²) in [4.78, 5) is 38.8. The quantitative estimate of drug-likeness (QED) is 0.840. The molecule has 1 N–H and O–H groups in total. The van der Waals surface area contributed by atoms with Crippen LogP contribution < -0.4 is 5.32 Å². The predicted octanol–water partition coefficient (Wildman–Crippen LogP) is 0.923. The lowest BCUT2D eigenvalue weighted by Crippen LogP contribution is -2.39. The minimum absolute atomic E-state index is 0.302. The molecule has 0 aromatic heterocycles. The average Bonchev–Trinajstić information content (AvgIpc) is 3.07. The van der Waals surface area contributed by atoms with Gasteiger partial charge in [0.05, 0.1) is 11.6 Å². The van der Waals surface area contributed by atoms with E-state index in [1.54, 1.807) is 18.2 Å². The van der Waals surface area contributed by atoms with Gasteiger partial charge in [0.1, 0.15) is 12.6 Å². The molecule has 0 unspecified atom stereocenters. The maximum atomic E-state index is 12.1. The van der Waals surface area contributed by atoms with Crippen LogP contribution in [0.4, 0.5) is 10.5 Å². The first kappa shape index (κ1) is 14.1. The van der Waals surface area contributed by atoms with E-state index in [9.17, 15) is 14.4 Å². The smallest absolute Gasteiger partial charge is 0.324 e. The van der Waals surface area contributed by atoms with Crippen LogP contribution in [0.15, 0.2) is 24.3 Å². The number of fused-ring (bicyclic) bond motifs is 1. The molecule has 0 spiro atoms. The molecule has 0 bridgehead atoms. The van der Waals surface area contributed by atoms with Gasteiger partial charge in [-0.05, 0) is 31.0 Å². The maximum Gasteiger partial charge on any atom is 0.327 e. The SMILES string of the molecule is N#Cc1cccc(NC(=O)CN2C(=O)[C@H]3CCCN3C2=O)c1. The molecule has 1 aromatic carbocycles. The third kappa shape index (κ3) is 2.39. The van der Waals surface area contributed by atoms with E-state index in [2.05, 4.69) is 5.32 Å². The first-order chi connectivity index (χ1) is 10.6. The van der Waals surface area contributed by atoms with E-state index < -0.39 is 18.0 Å². The topological polar surface area (TPSA) is 93.5 Å². The standard InChI is InChI=1S/C15H14N4O3/c16-8-10-3-1-4-11(7-10)17-13(20)9-19-14(21)12-5-2-6-18(12)15(19)22/h1,3-4,7,12H,2,5-6,9H2,(H,17,20)/t12-/m1/s1. The van der Waals surface area contributed by atoms with Crippen LogP contribution in [-0.2, 0) is 9.59 Å². The first-order valence-electron chi connectivity index (χ1n) is 7.02. The highest BCUT2D eigenvalue weighted by molar-refractivity contribution is 6.08. The van der Waals surface area contributed by atoms with Gasteiger partial charge in [0.2, 0.25) is 5.91 Å². The Morgan fingerprint density at radius 3 is 2.95 bits per heavy atom. The maximum absolute atomic E-state index is 12.1. The number of nitriles is 1. The van der Waals surface area contributed by atoms with Crippen molar-refractivity contribution in [1.29, 1.82) is 5.26 Å². The second-order valence-electron chi connectivity index (χ2n) is 5.30. The van der Waals surface area contributed by atoms with E-state index in [1.807, 2.05) is 6.07 Å². The number of hydrogen-bond donors (Lipinski definition) is 1. The largest absolute Gasteiger partial charge is 0.327 e. The molecule has 2 fully saturated rings. The summed E-state index contributed by atoms with van der Waals surface area (Å²) in [6, 6.07) is 7.63. The van der Waals surface area contributed by atoms with Crippen LogP contribution in [0.2, 0.25) is 0 Å². The van der Waals surface area contributed by atoms with Crippen molar-refractivity contribution in [2.75, 3.05) is 18.4 Å². The fourth-order valence-electron chi connectivity index (χ4n) is 2.84. The van der Waals surface area contributed by atoms with Crippen LogP contribution in [0.5, 0.6) is 0 Å². The molecule has 0 saturated carbocycles. The van der Waals surface area contributed by atoms with Crippen molar-refractivity contribution < 1.29 is 14.4 Å². The molecule has 2 saturated heterocycles. The van der Waals surface area contributed by atoms with E-state index in [1.165, 1.54) is 11.0 Å². The van der Waals surface area contributed by atoms with Gasteiger partial charge in [-0.1, -0.05) is 6.07 Å². The molecule has 2 heterocycles. The van der Waals surface area contributed by atoms with Gasteiger partial charge in [-0.2, -0.15) is 5.26 Å². The highest BCUT2D eigenvalue weighted by atomic mass is 16.2. The zero-order chi connectivity index (χ0) is 15.7. The summed E-state index contributed by atoms with van der Waals surface area (Å²) in [6.07, 6.45) is 1.48. The number of amides is 4. The van der Waals surface area contributed by atoms with Crippen molar-refractivity contribution in [3.8, 4) is 6.07 Å². The second kappa shape index (κ2) is 5.48. The Morgan fingerprint density at radius 2 is 2.23 bits per heavy atom. The molecule has 4 amide bonds. The van der Waals surface area contributed by atoms with E-state index in [0.717, 1.165) is 11.3 Å². The molecule has 7 heteroatoms. The van der Waals surface area contributed by atoms with Crippen molar-refractivity contribution in [1.82, 2.24) is 9.80 Å². The van der Waals surface area contributed by atoms with Crippen LogP contribution in [0.25, 0.3) is 0 Å². The average molecular weight is 298 g/mol. The summed E-state index contributed by atoms with van der Waals surface area (Å²) in [5.74, 6) is -0.763. The minimum Gasteiger partial charge on any atom is -0.324 e. The van der Waals surface area contributed by atoms with Gasteiger partial charge in [0, 0.05) is 12.2 Å². The van der Waals surface area contributed by atoms with Crippen LogP contribution in [0, 0.1) is 11.3 Å². The number of nitrogens with one attached hydrogen (secondary N) is 1. The van der Waals surface area contributed by atoms with Gasteiger partial charge in [0.25, 0.3) is 5.91 Å². The summed E-state index contributed by atoms with van der Waals surface area (Å²) in [5.41, 5.74) is 0.885. The van der Waals surface area contributed by atoms with E-state index in [4.69, 9.17) is 5.26 Å². The van der Waals surface area contributed by atoms with E-state index in [0.29, 0.717) is 24.2 Å². The Kier molecular flexibility index (Phi) is 3.51. The molecule has 2 aliphatic heterocycles. The molecule has 1 atom stereocenters. The van der Waals surface area contributed by atoms with Gasteiger partial charge in [-0.15, -0.1) is 0 Å². The summed E-state index contributed by atoms with van der Waals surface area (Å²) in [6.45, 7) is 0.263. The van der Waals surface area contributed by atoms with Gasteiger partial charge in [0.15, 0.2) is 0 Å². The van der Waals surface area contributed by atoms with Crippen molar-refractivity contribution in [2.45, 2.75) is 18.9 Å². The summed E-state index contributed by atoms with van der Waals surface area (Å²) >= 11 is 0. The highest BCUT2D eigenvalue weighted by Gasteiger charge is 2.47. The number of anilines is 1. The highest BCUT2D eigenvalue weighted by Crippen LogP contribution is 2.27. The Balaban J connectivity index is 1.66. The number of hydrogen-bond acceptors (Lipinski definition) is 4. The fraction of sp³-hybridized carbons (Fsp3) is 0.333. The Labute approximate surface area is 127 Å². The number of benzene rings is 1. The normalized spacial score (nSPS) is 20.0. The van der Waals surface area contributed by atoms with Crippen LogP contribution in [0.1, 0.15) is 18.4 Å². The minimum atomic E-state index is -0.460. The Morgan fingerprint density at radius 1 is 1.41 bits per heavy atom. The van der Waals surface area contributed by atoms with E-state index in [-0.39, 0.29) is 12.5 Å². The molecule has 112 valence electrons. The molecule has 0 aliphatic carbocycles. The molecular weight excluding hydrogens is 284 g/mol. The molecule has 2 aliphatic rings. The van der Waals surface area contributed by atoms with Crippen molar-refractivity contribution in [3.05, 3.63) is 29.8 Å². The van der Waals surface area contributed by atoms with Crippen LogP contribution in [0.3, 0.4) is 0 Å². The van der Waals surface area contributed by atoms with Gasteiger partial charge in [-0.25, -0.2) is 4.79 Å². The lowest BCUT2D eigenvalue weighted by molar-refractivity contribution is -0.131. The van der Waals surface area contributed by atoms with Crippen LogP contribution >= 0.6 is 0 Å². The lowest BCUT2D eigenvalue weighted by Gasteiger charge is -2.15. The van der Waals surface area contributed by atoms with Crippen molar-refractivity contribution in [3.63, 3.8) is 0 Å². The molecular formula is C15H14N4O3. The summed E-state index contributed by atoms with van der Waals surface area (Å²) in [5, 5.41) is 11.4. The van der Waals surface area contributed by atoms with Crippen molar-refractivity contribution >= 4 is 23.5 Å². The molecule has 3 rings (SSSR count). The van der Waals surface area contributed by atoms with Crippen LogP contribution in [-0.4, -0.2) is 46.8 Å². The Hall–Kier alpha value is -2.88. The van der Waals surface area contributed by atoms with Gasteiger partial charge >= 0.3 is 6.03 Å². The van der Waals surface area contributed by atoms with E-state index >= 15 is 0 Å². The number of rotatable bonds is 3. The summed E-state index contributed by atoms with van der Waals surface area (Å²) in [7, 11) is 0. The zero-order valence-corrected chi connectivity index (χ0v) is 11.8. The zero-order valence-electron chi connectivity index (χ0n) is 11.8. The lowest BCUT2D eigenvalue weighted by atomic mass is 10.2. The second-order valence-corrected chi connectivity index (χ2v) is 5.30. The molecule has 7 nitrogen and oxygen atoms in total. The molecule has 22 heavy (non-hydrogen) atoms. The monoisotopic (exact) mass is 298 g/mol. The fourth-order valence-corrected chi connectivity index (χ4v) is 2.84. The number of urea groups is 1. The molecule has 0 radical (unpaired) electrons.